The van der Waals surface area contributed by atoms with Crippen LogP contribution in [-0.2, 0) is 0 Å². The third kappa shape index (κ3) is 1.52. The molecule has 0 aromatic carbocycles. The summed E-state index contributed by atoms with van der Waals surface area (Å²) >= 11 is 0. The summed E-state index contributed by atoms with van der Waals surface area (Å²) in [5.74, 6) is 0. The fourth-order valence-corrected chi connectivity index (χ4v) is 1.30. The molecule has 0 saturated heterocycles. The van der Waals surface area contributed by atoms with Gasteiger partial charge in [0.1, 0.15) is 24.4 Å². The molecule has 0 bridgehead atoms. The molecule has 5 nitrogen and oxygen atoms in total. The van der Waals surface area contributed by atoms with Gasteiger partial charge in [0.05, 0.1) is 6.10 Å². The van der Waals surface area contributed by atoms with Crippen LogP contribution in [0.4, 0.5) is 0 Å². The van der Waals surface area contributed by atoms with Crippen molar-refractivity contribution in [1.29, 1.82) is 0 Å². The lowest BCUT2D eigenvalue weighted by atomic mass is 9.86. The summed E-state index contributed by atoms with van der Waals surface area (Å²) < 4.78 is 0. The molecule has 1 aliphatic carbocycles. The third-order valence-corrected chi connectivity index (χ3v) is 2.12. The van der Waals surface area contributed by atoms with Gasteiger partial charge in [-0.2, -0.15) is 0 Å². The zero-order valence-electron chi connectivity index (χ0n) is 6.09. The normalized spacial score (nSPS) is 52.6. The molecule has 0 amide bonds. The predicted molar refractivity (Wildman–Crippen MR) is 35.3 cm³/mol. The van der Waals surface area contributed by atoms with Crippen molar-refractivity contribution < 1.29 is 26.2 Å². The van der Waals surface area contributed by atoms with Gasteiger partial charge in [0, 0.05) is 6.42 Å². The largest absolute Gasteiger partial charge is 0.390 e. The topological polar surface area (TPSA) is 109 Å². The fourth-order valence-electron chi connectivity index (χ4n) is 1.30. The monoisotopic (exact) mass is 164 g/mol. The second-order valence-corrected chi connectivity index (χ2v) is 3.03. The van der Waals surface area contributed by atoms with E-state index in [1.54, 1.807) is 0 Å². The van der Waals surface area contributed by atoms with Crippen molar-refractivity contribution in [2.45, 2.75) is 36.9 Å². The summed E-state index contributed by atoms with van der Waals surface area (Å²) in [6.07, 6.45) is -4.31. The third-order valence-electron chi connectivity index (χ3n) is 2.12. The van der Waals surface area contributed by atoms with E-state index in [1.807, 2.05) is 0 Å². The number of hydrogen-bond donors (Lipinski definition) is 5. The van der Waals surface area contributed by atoms with E-state index in [1.165, 1.54) is 0 Å². The summed E-state index contributed by atoms with van der Waals surface area (Å²) in [5, 5.41) is 36.4. The molecule has 0 radical (unpaired) electrons. The van der Waals surface area contributed by atoms with Gasteiger partial charge < -0.3 is 26.2 Å². The number of rotatable bonds is 0. The summed E-state index contributed by atoms with van der Waals surface area (Å²) in [4.78, 5) is 0. The highest BCUT2D eigenvalue weighted by Crippen LogP contribution is 2.17. The first-order valence-electron chi connectivity index (χ1n) is 3.59. The van der Waals surface area contributed by atoms with Gasteiger partial charge in [-0.05, 0) is 0 Å². The molecule has 0 aromatic heterocycles. The minimum absolute atomic E-state index is 0.222. The van der Waals surface area contributed by atoms with Crippen molar-refractivity contribution in [2.75, 3.05) is 0 Å². The van der Waals surface area contributed by atoms with Crippen LogP contribution >= 0.6 is 0 Å². The van der Waals surface area contributed by atoms with Crippen molar-refractivity contribution >= 4 is 0 Å². The van der Waals surface area contributed by atoms with Gasteiger partial charge in [-0.1, -0.05) is 0 Å². The van der Waals surface area contributed by atoms with Crippen molar-refractivity contribution in [3.63, 3.8) is 0 Å². The molecule has 0 spiro atoms. The molecule has 0 aliphatic heterocycles. The lowest BCUT2D eigenvalue weighted by Crippen LogP contribution is -2.74. The summed E-state index contributed by atoms with van der Waals surface area (Å²) in [5.41, 5.74) is 3.53. The highest BCUT2D eigenvalue weighted by Gasteiger charge is 2.42. The van der Waals surface area contributed by atoms with E-state index >= 15 is 0 Å². The van der Waals surface area contributed by atoms with Gasteiger partial charge in [-0.15, -0.1) is 0 Å². The summed E-state index contributed by atoms with van der Waals surface area (Å²) in [6.45, 7) is 0. The van der Waals surface area contributed by atoms with Crippen LogP contribution < -0.4 is 5.73 Å². The smallest absolute Gasteiger partial charge is 0.134 e. The standard InChI is InChI=1S/C6H13NO4/c7-2-1-3(8)5(10)6(11)4(2)9/h2-6,8-11H,1,7H2/p+1/t2-,3+,4+,5-,6-/m0/s1. The Hall–Kier alpha value is -0.200. The summed E-state index contributed by atoms with van der Waals surface area (Å²) in [7, 11) is 0. The minimum Gasteiger partial charge on any atom is -0.390 e. The van der Waals surface area contributed by atoms with Gasteiger partial charge in [0.15, 0.2) is 0 Å². The first-order valence-corrected chi connectivity index (χ1v) is 3.59. The first kappa shape index (κ1) is 8.89. The van der Waals surface area contributed by atoms with E-state index in [-0.39, 0.29) is 6.42 Å². The maximum absolute atomic E-state index is 9.15. The Morgan fingerprint density at radius 1 is 0.909 bits per heavy atom. The molecule has 1 aliphatic rings. The van der Waals surface area contributed by atoms with Crippen LogP contribution in [0.5, 0.6) is 0 Å². The molecule has 5 atom stereocenters. The van der Waals surface area contributed by atoms with Crippen LogP contribution in [0.25, 0.3) is 0 Å². The van der Waals surface area contributed by atoms with Crippen LogP contribution in [-0.4, -0.2) is 50.9 Å². The van der Waals surface area contributed by atoms with Gasteiger partial charge >= 0.3 is 0 Å². The Balaban J connectivity index is 2.63. The quantitative estimate of drug-likeness (QED) is 0.255. The van der Waals surface area contributed by atoms with Crippen LogP contribution in [0.15, 0.2) is 0 Å². The molecule has 5 heteroatoms. The molecule has 0 heterocycles. The van der Waals surface area contributed by atoms with Gasteiger partial charge in [-0.3, -0.25) is 0 Å². The van der Waals surface area contributed by atoms with Crippen molar-refractivity contribution in [3.05, 3.63) is 0 Å². The first-order chi connectivity index (χ1) is 5.04. The number of aliphatic hydroxyl groups is 4. The molecular formula is C6H14NO4+. The van der Waals surface area contributed by atoms with Gasteiger partial charge in [0.2, 0.25) is 0 Å². The van der Waals surface area contributed by atoms with Crippen molar-refractivity contribution in [3.8, 4) is 0 Å². The second kappa shape index (κ2) is 3.04. The average Bonchev–Trinajstić information content (AvgIpc) is 1.97. The Kier molecular flexibility index (Phi) is 2.46. The van der Waals surface area contributed by atoms with E-state index in [9.17, 15) is 0 Å². The van der Waals surface area contributed by atoms with E-state index in [0.717, 1.165) is 0 Å². The van der Waals surface area contributed by atoms with Gasteiger partial charge in [-0.25, -0.2) is 0 Å². The number of quaternary nitrogens is 1. The Morgan fingerprint density at radius 3 is 2.00 bits per heavy atom. The zero-order valence-corrected chi connectivity index (χ0v) is 6.09. The fraction of sp³-hybridized carbons (Fsp3) is 1.00. The summed E-state index contributed by atoms with van der Waals surface area (Å²) in [6, 6.07) is -0.414. The zero-order chi connectivity index (χ0) is 8.59. The van der Waals surface area contributed by atoms with Gasteiger partial charge in [0.25, 0.3) is 0 Å². The molecule has 1 saturated carbocycles. The maximum Gasteiger partial charge on any atom is 0.134 e. The van der Waals surface area contributed by atoms with E-state index < -0.39 is 30.5 Å². The van der Waals surface area contributed by atoms with Crippen molar-refractivity contribution in [2.24, 2.45) is 0 Å². The lowest BCUT2D eigenvalue weighted by molar-refractivity contribution is -0.455. The number of hydrogen-bond acceptors (Lipinski definition) is 4. The van der Waals surface area contributed by atoms with Crippen LogP contribution in [0, 0.1) is 0 Å². The van der Waals surface area contributed by atoms with E-state index in [2.05, 4.69) is 5.73 Å². The maximum atomic E-state index is 9.15. The van der Waals surface area contributed by atoms with Crippen LogP contribution in [0.1, 0.15) is 6.42 Å². The molecular weight excluding hydrogens is 150 g/mol. The predicted octanol–water partition coefficient (Wildman–Crippen LogP) is -3.56. The SMILES string of the molecule is [NH3+][C@H]1C[C@@H](O)[C@H](O)[C@@H](O)[C@@H]1O. The van der Waals surface area contributed by atoms with Crippen molar-refractivity contribution in [1.82, 2.24) is 0 Å². The second-order valence-electron chi connectivity index (χ2n) is 3.03. The molecule has 66 valence electrons. The Morgan fingerprint density at radius 2 is 1.45 bits per heavy atom. The molecule has 11 heavy (non-hydrogen) atoms. The highest BCUT2D eigenvalue weighted by molar-refractivity contribution is 4.91. The molecule has 0 unspecified atom stereocenters. The van der Waals surface area contributed by atoms with Crippen LogP contribution in [0.2, 0.25) is 0 Å². The van der Waals surface area contributed by atoms with E-state index in [4.69, 9.17) is 20.4 Å². The average molecular weight is 164 g/mol. The lowest BCUT2D eigenvalue weighted by Gasteiger charge is -2.34. The molecule has 1 fully saturated rings. The highest BCUT2D eigenvalue weighted by atomic mass is 16.4. The minimum atomic E-state index is -1.28. The molecule has 0 aromatic rings. The molecule has 1 rings (SSSR count). The number of aliphatic hydroxyl groups excluding tert-OH is 4. The Bertz CT molecular complexity index is 129. The van der Waals surface area contributed by atoms with E-state index in [0.29, 0.717) is 0 Å². The molecule has 7 N–H and O–H groups in total. The Labute approximate surface area is 64.1 Å². The van der Waals surface area contributed by atoms with Crippen LogP contribution in [0.3, 0.4) is 0 Å².